The molecular weight excluding hydrogens is 428 g/mol. The third-order valence-electron chi connectivity index (χ3n) is 5.66. The fourth-order valence-electron chi connectivity index (χ4n) is 4.00. The molecule has 9 heteroatoms. The van der Waals surface area contributed by atoms with E-state index in [1.54, 1.807) is 33.0 Å². The smallest absolute Gasteiger partial charge is 0.258 e. The van der Waals surface area contributed by atoms with E-state index in [1.807, 2.05) is 0 Å². The van der Waals surface area contributed by atoms with Crippen molar-refractivity contribution in [2.24, 2.45) is 4.99 Å². The first-order chi connectivity index (χ1) is 15.6. The normalized spacial score (nSPS) is 13.8. The van der Waals surface area contributed by atoms with Gasteiger partial charge in [0.1, 0.15) is 18.0 Å². The molecule has 0 bridgehead atoms. The zero-order valence-corrected chi connectivity index (χ0v) is 18.4. The van der Waals surface area contributed by atoms with Crippen LogP contribution in [0.25, 0.3) is 11.1 Å². The minimum absolute atomic E-state index is 0.156. The monoisotopic (exact) mass is 451 g/mol. The van der Waals surface area contributed by atoms with E-state index in [9.17, 15) is 9.90 Å². The molecule has 33 heavy (non-hydrogen) atoms. The number of hydrogen-bond acceptors (Lipinski definition) is 6. The summed E-state index contributed by atoms with van der Waals surface area (Å²) in [4.78, 5) is 25.8. The minimum atomic E-state index is -1.20. The molecule has 2 heterocycles. The van der Waals surface area contributed by atoms with E-state index in [-0.39, 0.29) is 35.8 Å². The fourth-order valence-corrected chi connectivity index (χ4v) is 4.00. The number of anilines is 1. The first-order valence-electron chi connectivity index (χ1n) is 10.3. The number of aliphatic imine (C=N–C) groups is 1. The van der Waals surface area contributed by atoms with Crippen molar-refractivity contribution < 1.29 is 18.7 Å². The van der Waals surface area contributed by atoms with Gasteiger partial charge < -0.3 is 15.7 Å². The van der Waals surface area contributed by atoms with Crippen LogP contribution in [0.4, 0.5) is 14.5 Å². The number of nitrogen functional groups attached to an aromatic ring is 1. The van der Waals surface area contributed by atoms with E-state index >= 15 is 8.78 Å². The first kappa shape index (κ1) is 22.5. The number of nitrogens with two attached hydrogens (primary N) is 1. The van der Waals surface area contributed by atoms with Gasteiger partial charge in [-0.2, -0.15) is 0 Å². The Balaban J connectivity index is 1.71. The molecule has 0 atom stereocenters. The van der Waals surface area contributed by atoms with Crippen molar-refractivity contribution in [3.63, 3.8) is 0 Å². The molecule has 1 aliphatic heterocycles. The Kier molecular flexibility index (Phi) is 5.67. The number of aliphatic hydroxyl groups is 1. The lowest BCUT2D eigenvalue weighted by molar-refractivity contribution is 0.0761. The van der Waals surface area contributed by atoms with Crippen molar-refractivity contribution >= 4 is 17.8 Å². The predicted octanol–water partition coefficient (Wildman–Crippen LogP) is 3.44. The number of rotatable bonds is 5. The number of fused-ring (bicyclic) bond motifs is 1. The lowest BCUT2D eigenvalue weighted by Gasteiger charge is -2.23. The number of hydrogen-bond donors (Lipinski definition) is 2. The van der Waals surface area contributed by atoms with E-state index in [4.69, 9.17) is 5.73 Å². The molecule has 0 saturated heterocycles. The van der Waals surface area contributed by atoms with Crippen LogP contribution in [-0.4, -0.2) is 39.1 Å². The van der Waals surface area contributed by atoms with E-state index in [2.05, 4.69) is 15.0 Å². The maximum Gasteiger partial charge on any atom is 0.258 e. The van der Waals surface area contributed by atoms with Crippen molar-refractivity contribution in [2.75, 3.05) is 12.8 Å². The number of carbonyl (C=O) groups excluding carboxylic acids is 1. The van der Waals surface area contributed by atoms with Crippen molar-refractivity contribution in [2.45, 2.75) is 32.5 Å². The lowest BCUT2D eigenvalue weighted by Crippen LogP contribution is -2.24. The third kappa shape index (κ3) is 4.07. The van der Waals surface area contributed by atoms with Gasteiger partial charge in [0, 0.05) is 41.8 Å². The zero-order valence-electron chi connectivity index (χ0n) is 18.4. The van der Waals surface area contributed by atoms with Gasteiger partial charge in [0.05, 0.1) is 29.9 Å². The summed E-state index contributed by atoms with van der Waals surface area (Å²) in [5.41, 5.74) is 7.64. The Bertz CT molecular complexity index is 1260. The molecule has 0 unspecified atom stereocenters. The maximum absolute atomic E-state index is 15.1. The molecule has 7 nitrogen and oxygen atoms in total. The molecule has 1 aliphatic rings. The van der Waals surface area contributed by atoms with Crippen LogP contribution in [-0.2, 0) is 18.7 Å². The maximum atomic E-state index is 15.1. The predicted molar refractivity (Wildman–Crippen MR) is 121 cm³/mol. The van der Waals surface area contributed by atoms with Gasteiger partial charge in [0.2, 0.25) is 0 Å². The molecule has 2 aromatic carbocycles. The zero-order chi connectivity index (χ0) is 23.9. The van der Waals surface area contributed by atoms with Crippen LogP contribution in [0.15, 0.2) is 41.8 Å². The Morgan fingerprint density at radius 3 is 2.55 bits per heavy atom. The van der Waals surface area contributed by atoms with Crippen LogP contribution in [0.3, 0.4) is 0 Å². The topological polar surface area (TPSA) is 105 Å². The SMILES string of the molecule is CN=Cc1c(-c2cc(F)c(CN3Cc4ncncc4C3=O)c(F)c2)ccc(C(C)(C)O)c1N. The summed E-state index contributed by atoms with van der Waals surface area (Å²) in [6, 6.07) is 5.69. The quantitative estimate of drug-likeness (QED) is 0.457. The van der Waals surface area contributed by atoms with Gasteiger partial charge in [-0.15, -0.1) is 0 Å². The number of benzene rings is 2. The molecule has 3 aromatic rings. The standard InChI is InChI=1S/C24H23F2N5O2/c1-24(2,33)18-5-4-14(15(8-28-3)22(18)27)13-6-19(25)17(20(26)7-13)10-31-11-21-16(23(31)32)9-29-12-30-21/h4-9,12,33H,10-11,27H2,1-3H3. The first-order valence-corrected chi connectivity index (χ1v) is 10.3. The summed E-state index contributed by atoms with van der Waals surface area (Å²) < 4.78 is 30.2. The van der Waals surface area contributed by atoms with Crippen LogP contribution in [0.2, 0.25) is 0 Å². The van der Waals surface area contributed by atoms with Crippen LogP contribution in [0.1, 0.15) is 46.6 Å². The fraction of sp³-hybridized carbons (Fsp3) is 0.250. The van der Waals surface area contributed by atoms with Gasteiger partial charge in [-0.25, -0.2) is 18.7 Å². The third-order valence-corrected chi connectivity index (χ3v) is 5.66. The summed E-state index contributed by atoms with van der Waals surface area (Å²) in [6.07, 6.45) is 4.22. The molecule has 0 fully saturated rings. The minimum Gasteiger partial charge on any atom is -0.398 e. The molecular formula is C24H23F2N5O2. The molecule has 0 aliphatic carbocycles. The van der Waals surface area contributed by atoms with Gasteiger partial charge in [0.15, 0.2) is 0 Å². The Morgan fingerprint density at radius 1 is 1.24 bits per heavy atom. The molecule has 3 N–H and O–H groups in total. The molecule has 170 valence electrons. The second kappa shape index (κ2) is 8.32. The molecule has 1 aromatic heterocycles. The summed E-state index contributed by atoms with van der Waals surface area (Å²) in [5, 5.41) is 10.4. The van der Waals surface area contributed by atoms with Crippen LogP contribution in [0, 0.1) is 11.6 Å². The lowest BCUT2D eigenvalue weighted by atomic mass is 9.89. The van der Waals surface area contributed by atoms with E-state index in [1.165, 1.54) is 35.8 Å². The number of carbonyl (C=O) groups is 1. The second-order valence-electron chi connectivity index (χ2n) is 8.40. The summed E-state index contributed by atoms with van der Waals surface area (Å²) in [7, 11) is 1.56. The molecule has 0 spiro atoms. The number of amides is 1. The van der Waals surface area contributed by atoms with Crippen LogP contribution < -0.4 is 5.73 Å². The summed E-state index contributed by atoms with van der Waals surface area (Å²) >= 11 is 0. The van der Waals surface area contributed by atoms with Gasteiger partial charge in [-0.1, -0.05) is 12.1 Å². The molecule has 0 radical (unpaired) electrons. The van der Waals surface area contributed by atoms with Gasteiger partial charge in [-0.3, -0.25) is 9.79 Å². The second-order valence-corrected chi connectivity index (χ2v) is 8.40. The number of aromatic nitrogens is 2. The van der Waals surface area contributed by atoms with Gasteiger partial charge in [0.25, 0.3) is 5.91 Å². The molecule has 4 rings (SSSR count). The largest absolute Gasteiger partial charge is 0.398 e. The summed E-state index contributed by atoms with van der Waals surface area (Å²) in [6.45, 7) is 3.12. The Hall–Kier alpha value is -3.72. The highest BCUT2D eigenvalue weighted by molar-refractivity contribution is 5.98. The van der Waals surface area contributed by atoms with Gasteiger partial charge >= 0.3 is 0 Å². The highest BCUT2D eigenvalue weighted by Gasteiger charge is 2.30. The molecule has 0 saturated carbocycles. The van der Waals surface area contributed by atoms with Crippen molar-refractivity contribution in [1.29, 1.82) is 0 Å². The highest BCUT2D eigenvalue weighted by atomic mass is 19.1. The Labute approximate surface area is 189 Å². The average Bonchev–Trinajstić information content (AvgIpc) is 3.07. The summed E-state index contributed by atoms with van der Waals surface area (Å²) in [5.74, 6) is -1.95. The van der Waals surface area contributed by atoms with Crippen LogP contribution >= 0.6 is 0 Å². The number of nitrogens with zero attached hydrogens (tertiary/aromatic N) is 4. The van der Waals surface area contributed by atoms with Crippen molar-refractivity contribution in [1.82, 2.24) is 14.9 Å². The molecule has 1 amide bonds. The van der Waals surface area contributed by atoms with Crippen molar-refractivity contribution in [3.05, 3.63) is 76.4 Å². The van der Waals surface area contributed by atoms with E-state index in [0.717, 1.165) is 0 Å². The van der Waals surface area contributed by atoms with Crippen molar-refractivity contribution in [3.8, 4) is 11.1 Å². The number of halogens is 2. The van der Waals surface area contributed by atoms with E-state index in [0.29, 0.717) is 27.9 Å². The highest BCUT2D eigenvalue weighted by Crippen LogP contribution is 2.36. The average molecular weight is 451 g/mol. The van der Waals surface area contributed by atoms with Gasteiger partial charge in [-0.05, 0) is 37.1 Å². The Morgan fingerprint density at radius 2 is 1.94 bits per heavy atom. The van der Waals surface area contributed by atoms with Crippen LogP contribution in [0.5, 0.6) is 0 Å². The van der Waals surface area contributed by atoms with E-state index < -0.39 is 17.2 Å².